The molecule has 6 nitrogen and oxygen atoms in total. The Labute approximate surface area is 145 Å². The van der Waals surface area contributed by atoms with Crippen LogP contribution in [0.3, 0.4) is 0 Å². The standard InChI is InChI=1S/C19H22N4O2/c1-14-20-22(13-18(24)21-10-6-2-3-7-11-21)19(25)17-12-15-8-4-5-9-16(15)23(14)17/h4-5,8-9,12H,2-3,6-7,10-11,13H2,1H3. The molecule has 3 heterocycles. The van der Waals surface area contributed by atoms with E-state index in [1.807, 2.05) is 46.6 Å². The monoisotopic (exact) mass is 338 g/mol. The average molecular weight is 338 g/mol. The van der Waals surface area contributed by atoms with Crippen molar-refractivity contribution in [2.45, 2.75) is 39.2 Å². The van der Waals surface area contributed by atoms with Gasteiger partial charge in [0.2, 0.25) is 5.91 Å². The quantitative estimate of drug-likeness (QED) is 0.721. The van der Waals surface area contributed by atoms with Gasteiger partial charge < -0.3 is 4.90 Å². The van der Waals surface area contributed by atoms with Gasteiger partial charge in [-0.1, -0.05) is 31.0 Å². The number of aryl methyl sites for hydroxylation is 1. The third-order valence-electron chi connectivity index (χ3n) is 5.00. The predicted molar refractivity (Wildman–Crippen MR) is 96.7 cm³/mol. The maximum Gasteiger partial charge on any atom is 0.291 e. The second kappa shape index (κ2) is 6.35. The van der Waals surface area contributed by atoms with E-state index >= 15 is 0 Å². The number of amides is 1. The van der Waals surface area contributed by atoms with Crippen molar-refractivity contribution < 1.29 is 4.79 Å². The van der Waals surface area contributed by atoms with Gasteiger partial charge in [0.1, 0.15) is 17.9 Å². The highest BCUT2D eigenvalue weighted by atomic mass is 16.2. The number of fused-ring (bicyclic) bond motifs is 3. The van der Waals surface area contributed by atoms with Crippen LogP contribution in [0.1, 0.15) is 31.5 Å². The lowest BCUT2D eigenvalue weighted by Crippen LogP contribution is -2.38. The van der Waals surface area contributed by atoms with Crippen LogP contribution in [0.2, 0.25) is 0 Å². The van der Waals surface area contributed by atoms with Crippen molar-refractivity contribution in [3.05, 3.63) is 46.5 Å². The van der Waals surface area contributed by atoms with E-state index in [9.17, 15) is 9.59 Å². The zero-order valence-electron chi connectivity index (χ0n) is 14.4. The number of para-hydroxylation sites is 1. The highest BCUT2D eigenvalue weighted by Crippen LogP contribution is 2.18. The molecule has 0 spiro atoms. The molecule has 1 saturated heterocycles. The Balaban J connectivity index is 1.73. The van der Waals surface area contributed by atoms with E-state index in [0.717, 1.165) is 36.8 Å². The number of nitrogens with zero attached hydrogens (tertiary/aromatic N) is 4. The van der Waals surface area contributed by atoms with Gasteiger partial charge in [0.05, 0.1) is 5.52 Å². The van der Waals surface area contributed by atoms with Gasteiger partial charge in [0, 0.05) is 18.5 Å². The highest BCUT2D eigenvalue weighted by molar-refractivity contribution is 5.87. The number of hydrogen-bond acceptors (Lipinski definition) is 3. The van der Waals surface area contributed by atoms with E-state index in [0.29, 0.717) is 11.3 Å². The molecule has 0 radical (unpaired) electrons. The number of carbonyl (C=O) groups is 1. The molecule has 0 N–H and O–H groups in total. The van der Waals surface area contributed by atoms with Gasteiger partial charge in [-0.2, -0.15) is 5.10 Å². The summed E-state index contributed by atoms with van der Waals surface area (Å²) in [5.74, 6) is 0.691. The normalized spacial score (nSPS) is 15.6. The largest absolute Gasteiger partial charge is 0.341 e. The molecular formula is C19H22N4O2. The summed E-state index contributed by atoms with van der Waals surface area (Å²) in [5, 5.41) is 5.40. The zero-order chi connectivity index (χ0) is 17.4. The summed E-state index contributed by atoms with van der Waals surface area (Å²) in [6.45, 7) is 3.44. The highest BCUT2D eigenvalue weighted by Gasteiger charge is 2.19. The average Bonchev–Trinajstić information content (AvgIpc) is 2.79. The smallest absolute Gasteiger partial charge is 0.291 e. The summed E-state index contributed by atoms with van der Waals surface area (Å²) in [6.07, 6.45) is 4.42. The molecule has 4 rings (SSSR count). The molecule has 1 aliphatic heterocycles. The van der Waals surface area contributed by atoms with Crippen LogP contribution in [0, 0.1) is 6.92 Å². The maximum absolute atomic E-state index is 12.8. The van der Waals surface area contributed by atoms with Gasteiger partial charge in [-0.15, -0.1) is 0 Å². The van der Waals surface area contributed by atoms with Crippen LogP contribution < -0.4 is 5.56 Å². The number of rotatable bonds is 2. The molecule has 1 fully saturated rings. The van der Waals surface area contributed by atoms with Crippen molar-refractivity contribution in [3.8, 4) is 0 Å². The Hall–Kier alpha value is -2.63. The Morgan fingerprint density at radius 1 is 1.08 bits per heavy atom. The van der Waals surface area contributed by atoms with Crippen molar-refractivity contribution in [1.29, 1.82) is 0 Å². The van der Waals surface area contributed by atoms with Crippen LogP contribution in [-0.2, 0) is 11.3 Å². The summed E-state index contributed by atoms with van der Waals surface area (Å²) in [5.41, 5.74) is 1.31. The van der Waals surface area contributed by atoms with E-state index in [2.05, 4.69) is 5.10 Å². The predicted octanol–water partition coefficient (Wildman–Crippen LogP) is 2.36. The van der Waals surface area contributed by atoms with Crippen LogP contribution in [0.5, 0.6) is 0 Å². The van der Waals surface area contributed by atoms with Crippen LogP contribution >= 0.6 is 0 Å². The molecule has 1 aliphatic rings. The lowest BCUT2D eigenvalue weighted by Gasteiger charge is -2.20. The number of aromatic nitrogens is 3. The lowest BCUT2D eigenvalue weighted by atomic mass is 10.2. The Kier molecular flexibility index (Phi) is 4.03. The molecule has 0 aliphatic carbocycles. The Morgan fingerprint density at radius 2 is 1.80 bits per heavy atom. The number of hydrogen-bond donors (Lipinski definition) is 0. The minimum absolute atomic E-state index is 0.0116. The van der Waals surface area contributed by atoms with E-state index in [4.69, 9.17) is 0 Å². The first kappa shape index (κ1) is 15.9. The first-order chi connectivity index (χ1) is 12.1. The summed E-state index contributed by atoms with van der Waals surface area (Å²) in [4.78, 5) is 27.3. The Bertz CT molecular complexity index is 994. The van der Waals surface area contributed by atoms with Crippen LogP contribution in [-0.4, -0.2) is 38.1 Å². The van der Waals surface area contributed by atoms with E-state index in [1.54, 1.807) is 0 Å². The van der Waals surface area contributed by atoms with Crippen molar-refractivity contribution in [2.24, 2.45) is 0 Å². The van der Waals surface area contributed by atoms with E-state index in [1.165, 1.54) is 17.5 Å². The summed E-state index contributed by atoms with van der Waals surface area (Å²) in [6, 6.07) is 9.73. The van der Waals surface area contributed by atoms with Gasteiger partial charge in [0.25, 0.3) is 5.56 Å². The molecule has 0 atom stereocenters. The fourth-order valence-electron chi connectivity index (χ4n) is 3.71. The van der Waals surface area contributed by atoms with E-state index in [-0.39, 0.29) is 18.0 Å². The summed E-state index contributed by atoms with van der Waals surface area (Å²) >= 11 is 0. The van der Waals surface area contributed by atoms with Crippen LogP contribution in [0.4, 0.5) is 0 Å². The van der Waals surface area contributed by atoms with Gasteiger partial charge in [-0.05, 0) is 31.9 Å². The third-order valence-corrected chi connectivity index (χ3v) is 5.00. The van der Waals surface area contributed by atoms with Crippen LogP contribution in [0.25, 0.3) is 16.4 Å². The minimum atomic E-state index is -0.218. The van der Waals surface area contributed by atoms with E-state index < -0.39 is 0 Å². The zero-order valence-corrected chi connectivity index (χ0v) is 14.4. The molecule has 1 aromatic carbocycles. The lowest BCUT2D eigenvalue weighted by molar-refractivity contribution is -0.132. The van der Waals surface area contributed by atoms with Gasteiger partial charge >= 0.3 is 0 Å². The number of likely N-dealkylation sites (tertiary alicyclic amines) is 1. The number of benzene rings is 1. The second-order valence-electron chi connectivity index (χ2n) is 6.73. The third kappa shape index (κ3) is 2.81. The summed E-state index contributed by atoms with van der Waals surface area (Å²) < 4.78 is 3.18. The first-order valence-corrected chi connectivity index (χ1v) is 8.91. The molecule has 25 heavy (non-hydrogen) atoms. The fraction of sp³-hybridized carbons (Fsp3) is 0.421. The van der Waals surface area contributed by atoms with Gasteiger partial charge in [-0.25, -0.2) is 4.68 Å². The van der Waals surface area contributed by atoms with Gasteiger partial charge in [0.15, 0.2) is 0 Å². The molecular weight excluding hydrogens is 316 g/mol. The Morgan fingerprint density at radius 3 is 2.56 bits per heavy atom. The molecule has 6 heteroatoms. The first-order valence-electron chi connectivity index (χ1n) is 8.91. The van der Waals surface area contributed by atoms with Crippen LogP contribution in [0.15, 0.2) is 35.1 Å². The molecule has 3 aromatic rings. The van der Waals surface area contributed by atoms with Crippen molar-refractivity contribution in [3.63, 3.8) is 0 Å². The topological polar surface area (TPSA) is 59.6 Å². The van der Waals surface area contributed by atoms with Crippen molar-refractivity contribution in [1.82, 2.24) is 19.1 Å². The molecule has 0 saturated carbocycles. The van der Waals surface area contributed by atoms with Crippen molar-refractivity contribution in [2.75, 3.05) is 13.1 Å². The van der Waals surface area contributed by atoms with Crippen molar-refractivity contribution >= 4 is 22.3 Å². The summed E-state index contributed by atoms with van der Waals surface area (Å²) in [7, 11) is 0. The maximum atomic E-state index is 12.8. The molecule has 0 bridgehead atoms. The molecule has 2 aromatic heterocycles. The molecule has 0 unspecified atom stereocenters. The minimum Gasteiger partial charge on any atom is -0.341 e. The molecule has 130 valence electrons. The van der Waals surface area contributed by atoms with Gasteiger partial charge in [-0.3, -0.25) is 14.0 Å². The number of carbonyl (C=O) groups excluding carboxylic acids is 1. The molecule has 1 amide bonds. The second-order valence-corrected chi connectivity index (χ2v) is 6.73. The fourth-order valence-corrected chi connectivity index (χ4v) is 3.71. The SMILES string of the molecule is Cc1nn(CC(=O)N2CCCCCC2)c(=O)c2cc3ccccc3n12.